The smallest absolute Gasteiger partial charge is 0.416 e. The molecule has 186 valence electrons. The Labute approximate surface area is 199 Å². The molecule has 1 amide bonds. The lowest BCUT2D eigenvalue weighted by Crippen LogP contribution is -2.14. The number of alkyl halides is 6. The Bertz CT molecular complexity index is 1220. The summed E-state index contributed by atoms with van der Waals surface area (Å²) < 4.78 is 89.3. The van der Waals surface area contributed by atoms with Crippen LogP contribution in [-0.4, -0.2) is 23.2 Å². The van der Waals surface area contributed by atoms with Crippen LogP contribution in [0.1, 0.15) is 29.2 Å². The van der Waals surface area contributed by atoms with Crippen LogP contribution in [0.3, 0.4) is 0 Å². The molecule has 35 heavy (non-hydrogen) atoms. The van der Waals surface area contributed by atoms with Gasteiger partial charge in [-0.2, -0.15) is 26.3 Å². The molecule has 0 saturated carbocycles. The molecule has 1 N–H and O–H groups in total. The highest BCUT2D eigenvalue weighted by atomic mass is 32.1. The van der Waals surface area contributed by atoms with Crippen LogP contribution in [0.4, 0.5) is 31.5 Å². The van der Waals surface area contributed by atoms with Gasteiger partial charge in [-0.3, -0.25) is 10.1 Å². The zero-order valence-electron chi connectivity index (χ0n) is 18.1. The Morgan fingerprint density at radius 2 is 1.80 bits per heavy atom. The summed E-state index contributed by atoms with van der Waals surface area (Å²) in [4.78, 5) is 12.2. The highest BCUT2D eigenvalue weighted by Gasteiger charge is 2.38. The number of aromatic nitrogens is 2. The molecule has 6 nitrogen and oxygen atoms in total. The van der Waals surface area contributed by atoms with E-state index in [1.54, 1.807) is 13.0 Å². The maximum absolute atomic E-state index is 13.4. The second-order valence-electron chi connectivity index (χ2n) is 7.09. The topological polar surface area (TPSA) is 73.3 Å². The first-order valence-corrected chi connectivity index (χ1v) is 10.6. The van der Waals surface area contributed by atoms with Crippen LogP contribution < -0.4 is 14.8 Å². The average molecular weight is 517 g/mol. The zero-order chi connectivity index (χ0) is 25.8. The second kappa shape index (κ2) is 10.3. The van der Waals surface area contributed by atoms with Gasteiger partial charge in [-0.15, -0.1) is 10.2 Å². The molecule has 0 fully saturated rings. The third kappa shape index (κ3) is 6.72. The van der Waals surface area contributed by atoms with Gasteiger partial charge in [0.15, 0.2) is 11.5 Å². The number of hydrogen-bond donors (Lipinski definition) is 1. The Hall–Kier alpha value is -3.61. The normalized spacial score (nSPS) is 12.4. The van der Waals surface area contributed by atoms with Gasteiger partial charge in [-0.25, -0.2) is 0 Å². The molecule has 0 bridgehead atoms. The Morgan fingerprint density at radius 1 is 1.06 bits per heavy atom. The largest absolute Gasteiger partial charge is 0.493 e. The molecule has 0 atom stereocenters. The van der Waals surface area contributed by atoms with Crippen LogP contribution in [0, 0.1) is 0 Å². The van der Waals surface area contributed by atoms with Crippen LogP contribution in [0.15, 0.2) is 47.5 Å². The van der Waals surface area contributed by atoms with E-state index in [-0.39, 0.29) is 17.6 Å². The maximum atomic E-state index is 13.4. The summed E-state index contributed by atoms with van der Waals surface area (Å²) in [5.41, 5.74) is -1.00. The number of carbonyl (C=O) groups excluding carboxylic acids is 1. The molecule has 13 heteroatoms. The minimum Gasteiger partial charge on any atom is -0.493 e. The van der Waals surface area contributed by atoms with Gasteiger partial charge in [-0.1, -0.05) is 23.5 Å². The van der Waals surface area contributed by atoms with Crippen molar-refractivity contribution < 1.29 is 40.6 Å². The second-order valence-corrected chi connectivity index (χ2v) is 7.92. The van der Waals surface area contributed by atoms with Crippen LogP contribution in [0.5, 0.6) is 11.5 Å². The number of benzene rings is 2. The van der Waals surface area contributed by atoms with Gasteiger partial charge in [0.1, 0.15) is 12.1 Å². The van der Waals surface area contributed by atoms with Crippen molar-refractivity contribution in [2.45, 2.75) is 25.9 Å². The number of carbonyl (C=O) groups is 1. The van der Waals surface area contributed by atoms with E-state index in [0.717, 1.165) is 17.4 Å². The van der Waals surface area contributed by atoms with E-state index in [2.05, 4.69) is 15.5 Å². The number of nitrogens with zero attached hydrogens (tertiary/aromatic N) is 2. The van der Waals surface area contributed by atoms with Crippen molar-refractivity contribution in [3.8, 4) is 11.5 Å². The van der Waals surface area contributed by atoms with Crippen molar-refractivity contribution in [1.29, 1.82) is 0 Å². The van der Waals surface area contributed by atoms with E-state index in [0.29, 0.717) is 22.3 Å². The average Bonchev–Trinajstić information content (AvgIpc) is 3.29. The number of methoxy groups -OCH3 is 1. The third-order valence-electron chi connectivity index (χ3n) is 4.64. The molecule has 0 radical (unpaired) electrons. The molecule has 3 rings (SSSR count). The number of ether oxygens (including phenoxy) is 2. The minimum atomic E-state index is -5.01. The SMILES string of the molecule is COc1cc(C=C(C)C(=O)Nc2nncs2)ccc1OCc1ccc(C(F)(F)F)cc1C(F)(F)F. The lowest BCUT2D eigenvalue weighted by Gasteiger charge is -2.17. The van der Waals surface area contributed by atoms with E-state index in [4.69, 9.17) is 9.47 Å². The van der Waals surface area contributed by atoms with Gasteiger partial charge < -0.3 is 9.47 Å². The first-order chi connectivity index (χ1) is 16.4. The predicted octanol–water partition coefficient (Wildman–Crippen LogP) is 6.21. The van der Waals surface area contributed by atoms with Gasteiger partial charge >= 0.3 is 12.4 Å². The molecule has 1 heterocycles. The van der Waals surface area contributed by atoms with Crippen molar-refractivity contribution in [2.24, 2.45) is 0 Å². The molecule has 0 aliphatic carbocycles. The molecule has 0 aliphatic rings. The predicted molar refractivity (Wildman–Crippen MR) is 116 cm³/mol. The van der Waals surface area contributed by atoms with E-state index in [9.17, 15) is 31.1 Å². The van der Waals surface area contributed by atoms with Gasteiger partial charge in [0, 0.05) is 11.1 Å². The first kappa shape index (κ1) is 26.0. The lowest BCUT2D eigenvalue weighted by molar-refractivity contribution is -0.143. The van der Waals surface area contributed by atoms with Gasteiger partial charge in [0.05, 0.1) is 18.2 Å². The Balaban J connectivity index is 1.79. The fraction of sp³-hybridized carbons (Fsp3) is 0.227. The van der Waals surface area contributed by atoms with Crippen LogP contribution in [0.2, 0.25) is 0 Å². The maximum Gasteiger partial charge on any atom is 0.416 e. The van der Waals surface area contributed by atoms with Crippen LogP contribution >= 0.6 is 11.3 Å². The summed E-state index contributed by atoms with van der Waals surface area (Å²) in [5.74, 6) is -0.201. The lowest BCUT2D eigenvalue weighted by atomic mass is 10.0. The van der Waals surface area contributed by atoms with Gasteiger partial charge in [0.25, 0.3) is 5.91 Å². The molecule has 0 spiro atoms. The van der Waals surface area contributed by atoms with E-state index in [1.165, 1.54) is 30.8 Å². The van der Waals surface area contributed by atoms with Crippen molar-refractivity contribution in [2.75, 3.05) is 12.4 Å². The minimum absolute atomic E-state index is 0.0550. The fourth-order valence-corrected chi connectivity index (χ4v) is 3.37. The first-order valence-electron chi connectivity index (χ1n) is 9.72. The standard InChI is InChI=1S/C22H17F6N3O3S/c1-12(19(32)30-20-31-29-11-35-20)7-13-3-6-17(18(8-13)33-2)34-10-14-4-5-15(21(23,24)25)9-16(14)22(26,27)28/h3-9,11H,10H2,1-2H3,(H,30,31,32). The highest BCUT2D eigenvalue weighted by Crippen LogP contribution is 2.38. The number of rotatable bonds is 7. The number of amides is 1. The van der Waals surface area contributed by atoms with Crippen molar-refractivity contribution in [3.05, 3.63) is 69.7 Å². The van der Waals surface area contributed by atoms with Gasteiger partial charge in [0.2, 0.25) is 5.13 Å². The summed E-state index contributed by atoms with van der Waals surface area (Å²) >= 11 is 1.15. The molecule has 1 aromatic heterocycles. The molecule has 3 aromatic rings. The van der Waals surface area contributed by atoms with E-state index >= 15 is 0 Å². The Morgan fingerprint density at radius 3 is 2.40 bits per heavy atom. The summed E-state index contributed by atoms with van der Waals surface area (Å²) in [6.07, 6.45) is -8.38. The third-order valence-corrected chi connectivity index (χ3v) is 5.24. The summed E-state index contributed by atoms with van der Waals surface area (Å²) in [7, 11) is 1.31. The van der Waals surface area contributed by atoms with Crippen molar-refractivity contribution in [1.82, 2.24) is 10.2 Å². The zero-order valence-corrected chi connectivity index (χ0v) is 18.9. The van der Waals surface area contributed by atoms with E-state index < -0.39 is 41.6 Å². The van der Waals surface area contributed by atoms with E-state index in [1.807, 2.05) is 0 Å². The number of nitrogens with one attached hydrogen (secondary N) is 1. The monoisotopic (exact) mass is 517 g/mol. The Kier molecular flexibility index (Phi) is 7.68. The summed E-state index contributed by atoms with van der Waals surface area (Å²) in [5, 5.41) is 10.2. The molecule has 0 unspecified atom stereocenters. The molecule has 0 saturated heterocycles. The molecular weight excluding hydrogens is 500 g/mol. The van der Waals surface area contributed by atoms with Gasteiger partial charge in [-0.05, 0) is 42.8 Å². The van der Waals surface area contributed by atoms with Crippen LogP contribution in [-0.2, 0) is 23.8 Å². The molecular formula is C22H17F6N3O3S. The van der Waals surface area contributed by atoms with Crippen molar-refractivity contribution in [3.63, 3.8) is 0 Å². The van der Waals surface area contributed by atoms with Crippen LogP contribution in [0.25, 0.3) is 6.08 Å². The fourth-order valence-electron chi connectivity index (χ4n) is 2.93. The molecule has 0 aliphatic heterocycles. The number of hydrogen-bond acceptors (Lipinski definition) is 6. The van der Waals surface area contributed by atoms with Crippen molar-refractivity contribution >= 4 is 28.5 Å². The number of halogens is 6. The summed E-state index contributed by atoms with van der Waals surface area (Å²) in [6, 6.07) is 5.80. The number of anilines is 1. The summed E-state index contributed by atoms with van der Waals surface area (Å²) in [6.45, 7) is 0.915. The highest BCUT2D eigenvalue weighted by molar-refractivity contribution is 7.13. The quantitative estimate of drug-likeness (QED) is 0.298. The molecule has 2 aromatic carbocycles.